The molecular formula is C21H21ClN2O4S. The zero-order chi connectivity index (χ0) is 20.8. The number of ether oxygens (including phenoxy) is 3. The van der Waals surface area contributed by atoms with Gasteiger partial charge in [0.05, 0.1) is 27.8 Å². The lowest BCUT2D eigenvalue weighted by Gasteiger charge is -2.13. The summed E-state index contributed by atoms with van der Waals surface area (Å²) in [5.41, 5.74) is 1.84. The SMILES string of the molecule is COc1cc(CC(=O)Nc2ncc(Cc3cccc(Cl)c3)s2)cc(OC)c1OC. The molecule has 8 heteroatoms. The molecule has 1 heterocycles. The first-order chi connectivity index (χ1) is 14.0. The van der Waals surface area contributed by atoms with E-state index < -0.39 is 0 Å². The fourth-order valence-corrected chi connectivity index (χ4v) is 3.96. The average molecular weight is 433 g/mol. The first kappa shape index (κ1) is 21.0. The van der Waals surface area contributed by atoms with Crippen LogP contribution in [0.5, 0.6) is 17.2 Å². The predicted octanol–water partition coefficient (Wildman–Crippen LogP) is 4.59. The minimum absolute atomic E-state index is 0.153. The van der Waals surface area contributed by atoms with Crippen LogP contribution in [0.4, 0.5) is 5.13 Å². The highest BCUT2D eigenvalue weighted by atomic mass is 35.5. The van der Waals surface area contributed by atoms with Crippen molar-refractivity contribution in [1.82, 2.24) is 4.98 Å². The second kappa shape index (κ2) is 9.62. The van der Waals surface area contributed by atoms with Gasteiger partial charge in [-0.25, -0.2) is 4.98 Å². The van der Waals surface area contributed by atoms with Crippen molar-refractivity contribution in [2.75, 3.05) is 26.6 Å². The van der Waals surface area contributed by atoms with E-state index in [2.05, 4.69) is 10.3 Å². The van der Waals surface area contributed by atoms with Crippen LogP contribution in [-0.2, 0) is 17.6 Å². The number of nitrogens with one attached hydrogen (secondary N) is 1. The van der Waals surface area contributed by atoms with Gasteiger partial charge in [-0.2, -0.15) is 0 Å². The van der Waals surface area contributed by atoms with Crippen molar-refractivity contribution in [3.63, 3.8) is 0 Å². The molecule has 0 saturated heterocycles. The molecule has 1 aromatic heterocycles. The molecule has 0 aliphatic carbocycles. The summed E-state index contributed by atoms with van der Waals surface area (Å²) in [5, 5.41) is 4.10. The maximum absolute atomic E-state index is 12.5. The van der Waals surface area contributed by atoms with E-state index in [4.69, 9.17) is 25.8 Å². The van der Waals surface area contributed by atoms with Crippen LogP contribution in [0.3, 0.4) is 0 Å². The third-order valence-electron chi connectivity index (χ3n) is 4.16. The lowest BCUT2D eigenvalue weighted by molar-refractivity contribution is -0.115. The number of methoxy groups -OCH3 is 3. The van der Waals surface area contributed by atoms with Crippen molar-refractivity contribution in [1.29, 1.82) is 0 Å². The van der Waals surface area contributed by atoms with Gasteiger partial charge in [0, 0.05) is 22.5 Å². The zero-order valence-corrected chi connectivity index (χ0v) is 17.9. The Morgan fingerprint density at radius 2 is 1.79 bits per heavy atom. The Morgan fingerprint density at radius 1 is 1.07 bits per heavy atom. The van der Waals surface area contributed by atoms with E-state index in [1.807, 2.05) is 24.3 Å². The van der Waals surface area contributed by atoms with Crippen molar-refractivity contribution >= 4 is 34.0 Å². The molecule has 6 nitrogen and oxygen atoms in total. The number of hydrogen-bond donors (Lipinski definition) is 1. The Hall–Kier alpha value is -2.77. The Bertz CT molecular complexity index is 981. The van der Waals surface area contributed by atoms with Crippen LogP contribution in [0.1, 0.15) is 16.0 Å². The van der Waals surface area contributed by atoms with Crippen LogP contribution in [0.2, 0.25) is 5.02 Å². The van der Waals surface area contributed by atoms with E-state index in [9.17, 15) is 4.79 Å². The van der Waals surface area contributed by atoms with Crippen LogP contribution in [-0.4, -0.2) is 32.2 Å². The van der Waals surface area contributed by atoms with E-state index >= 15 is 0 Å². The first-order valence-electron chi connectivity index (χ1n) is 8.80. The number of nitrogens with zero attached hydrogens (tertiary/aromatic N) is 1. The molecule has 29 heavy (non-hydrogen) atoms. The summed E-state index contributed by atoms with van der Waals surface area (Å²) in [7, 11) is 4.62. The van der Waals surface area contributed by atoms with Gasteiger partial charge in [-0.1, -0.05) is 23.7 Å². The zero-order valence-electron chi connectivity index (χ0n) is 16.3. The minimum atomic E-state index is -0.178. The van der Waals surface area contributed by atoms with Crippen molar-refractivity contribution in [3.8, 4) is 17.2 Å². The normalized spacial score (nSPS) is 10.5. The number of anilines is 1. The molecule has 1 N–H and O–H groups in total. The number of amides is 1. The number of carbonyl (C=O) groups excluding carboxylic acids is 1. The van der Waals surface area contributed by atoms with E-state index in [0.717, 1.165) is 16.0 Å². The Kier molecular flexibility index (Phi) is 6.95. The number of thiazole rings is 1. The predicted molar refractivity (Wildman–Crippen MR) is 115 cm³/mol. The lowest BCUT2D eigenvalue weighted by atomic mass is 10.1. The molecule has 0 aliphatic heterocycles. The average Bonchev–Trinajstić information content (AvgIpc) is 3.13. The fraction of sp³-hybridized carbons (Fsp3) is 0.238. The van der Waals surface area contributed by atoms with E-state index in [1.165, 1.54) is 32.7 Å². The van der Waals surface area contributed by atoms with Gasteiger partial charge in [-0.05, 0) is 35.4 Å². The number of benzene rings is 2. The molecule has 0 fully saturated rings. The molecule has 3 rings (SSSR count). The van der Waals surface area contributed by atoms with Crippen LogP contribution < -0.4 is 19.5 Å². The molecule has 0 bridgehead atoms. The number of aromatic nitrogens is 1. The van der Waals surface area contributed by atoms with Crippen LogP contribution in [0.15, 0.2) is 42.6 Å². The van der Waals surface area contributed by atoms with Gasteiger partial charge in [0.2, 0.25) is 11.7 Å². The summed E-state index contributed by atoms with van der Waals surface area (Å²) in [6.45, 7) is 0. The summed E-state index contributed by atoms with van der Waals surface area (Å²) in [6.07, 6.45) is 2.63. The van der Waals surface area contributed by atoms with Gasteiger partial charge in [-0.15, -0.1) is 11.3 Å². The molecule has 152 valence electrons. The summed E-state index contributed by atoms with van der Waals surface area (Å²) >= 11 is 7.47. The Balaban J connectivity index is 1.66. The van der Waals surface area contributed by atoms with Gasteiger partial charge in [0.25, 0.3) is 0 Å². The summed E-state index contributed by atoms with van der Waals surface area (Å²) < 4.78 is 16.0. The fourth-order valence-electron chi connectivity index (χ4n) is 2.88. The standard InChI is InChI=1S/C21H21ClN2O4S/c1-26-17-9-14(10-18(27-2)20(17)28-3)11-19(25)24-21-23-12-16(29-21)8-13-5-4-6-15(22)7-13/h4-7,9-10,12H,8,11H2,1-3H3,(H,23,24,25). The van der Waals surface area contributed by atoms with Gasteiger partial charge in [0.15, 0.2) is 16.6 Å². The van der Waals surface area contributed by atoms with Crippen molar-refractivity contribution in [2.45, 2.75) is 12.8 Å². The van der Waals surface area contributed by atoms with Crippen molar-refractivity contribution < 1.29 is 19.0 Å². The molecule has 1 amide bonds. The van der Waals surface area contributed by atoms with Crippen LogP contribution in [0.25, 0.3) is 0 Å². The Morgan fingerprint density at radius 3 is 2.41 bits per heavy atom. The van der Waals surface area contributed by atoms with Gasteiger partial charge in [-0.3, -0.25) is 4.79 Å². The Labute approximate surface area is 178 Å². The number of hydrogen-bond acceptors (Lipinski definition) is 6. The molecule has 3 aromatic rings. The van der Waals surface area contributed by atoms with Crippen molar-refractivity contribution in [2.24, 2.45) is 0 Å². The lowest BCUT2D eigenvalue weighted by Crippen LogP contribution is -2.14. The topological polar surface area (TPSA) is 69.7 Å². The smallest absolute Gasteiger partial charge is 0.230 e. The largest absolute Gasteiger partial charge is 0.493 e. The summed E-state index contributed by atoms with van der Waals surface area (Å²) in [4.78, 5) is 17.8. The van der Waals surface area contributed by atoms with Crippen molar-refractivity contribution in [3.05, 3.63) is 63.6 Å². The minimum Gasteiger partial charge on any atom is -0.493 e. The summed E-state index contributed by atoms with van der Waals surface area (Å²) in [6, 6.07) is 11.2. The number of rotatable bonds is 8. The van der Waals surface area contributed by atoms with Gasteiger partial charge in [0.1, 0.15) is 0 Å². The van der Waals surface area contributed by atoms with E-state index in [-0.39, 0.29) is 12.3 Å². The monoisotopic (exact) mass is 432 g/mol. The van der Waals surface area contributed by atoms with Gasteiger partial charge < -0.3 is 19.5 Å². The highest BCUT2D eigenvalue weighted by Gasteiger charge is 2.15. The highest BCUT2D eigenvalue weighted by Crippen LogP contribution is 2.38. The quantitative estimate of drug-likeness (QED) is 0.563. The third-order valence-corrected chi connectivity index (χ3v) is 5.30. The van der Waals surface area contributed by atoms with Crippen LogP contribution >= 0.6 is 22.9 Å². The van der Waals surface area contributed by atoms with Crippen LogP contribution in [0, 0.1) is 0 Å². The third kappa shape index (κ3) is 5.40. The second-order valence-electron chi connectivity index (χ2n) is 6.20. The van der Waals surface area contributed by atoms with Gasteiger partial charge >= 0.3 is 0 Å². The maximum Gasteiger partial charge on any atom is 0.230 e. The molecule has 0 unspecified atom stereocenters. The molecule has 0 spiro atoms. The first-order valence-corrected chi connectivity index (χ1v) is 9.99. The van der Waals surface area contributed by atoms with E-state index in [0.29, 0.717) is 33.8 Å². The summed E-state index contributed by atoms with van der Waals surface area (Å²) in [5.74, 6) is 1.33. The molecule has 0 radical (unpaired) electrons. The molecule has 2 aromatic carbocycles. The second-order valence-corrected chi connectivity index (χ2v) is 7.75. The van der Waals surface area contributed by atoms with E-state index in [1.54, 1.807) is 18.3 Å². The maximum atomic E-state index is 12.5. The number of carbonyl (C=O) groups is 1. The molecule has 0 aliphatic rings. The highest BCUT2D eigenvalue weighted by molar-refractivity contribution is 7.15. The molecule has 0 atom stereocenters. The molecular weight excluding hydrogens is 412 g/mol. The molecule has 0 saturated carbocycles. The number of halogens is 1.